The van der Waals surface area contributed by atoms with Crippen LogP contribution in [-0.2, 0) is 23.9 Å². The van der Waals surface area contributed by atoms with E-state index in [4.69, 9.17) is 10.00 Å². The average Bonchev–Trinajstić information content (AvgIpc) is 3.50. The van der Waals surface area contributed by atoms with Crippen molar-refractivity contribution in [2.45, 2.75) is 37.8 Å². The fourth-order valence-electron chi connectivity index (χ4n) is 4.65. The first-order valence-electron chi connectivity index (χ1n) is 11.3. The van der Waals surface area contributed by atoms with Gasteiger partial charge in [0.1, 0.15) is 12.7 Å². The van der Waals surface area contributed by atoms with E-state index in [2.05, 4.69) is 38.6 Å². The number of aryl methyl sites for hydroxylation is 1. The van der Waals surface area contributed by atoms with Gasteiger partial charge >= 0.3 is 6.09 Å². The first-order valence-corrected chi connectivity index (χ1v) is 11.3. The van der Waals surface area contributed by atoms with Crippen molar-refractivity contribution >= 4 is 17.0 Å². The van der Waals surface area contributed by atoms with Gasteiger partial charge in [-0.25, -0.2) is 14.8 Å². The number of carbonyl (C=O) groups excluding carboxylic acids is 1. The van der Waals surface area contributed by atoms with Crippen molar-refractivity contribution in [2.24, 2.45) is 7.05 Å². The van der Waals surface area contributed by atoms with Crippen molar-refractivity contribution in [3.05, 3.63) is 78.0 Å². The van der Waals surface area contributed by atoms with E-state index in [1.807, 2.05) is 48.3 Å². The highest BCUT2D eigenvalue weighted by Gasteiger charge is 2.39. The Kier molecular flexibility index (Phi) is 5.68. The highest BCUT2D eigenvalue weighted by molar-refractivity contribution is 5.84. The molecule has 0 unspecified atom stereocenters. The third kappa shape index (κ3) is 4.20. The summed E-state index contributed by atoms with van der Waals surface area (Å²) < 4.78 is 7.44. The molecule has 4 aromatic rings. The van der Waals surface area contributed by atoms with Gasteiger partial charge in [0.2, 0.25) is 5.82 Å². The summed E-state index contributed by atoms with van der Waals surface area (Å²) in [5.41, 5.74) is 4.09. The van der Waals surface area contributed by atoms with E-state index >= 15 is 0 Å². The maximum absolute atomic E-state index is 12.8. The van der Waals surface area contributed by atoms with Gasteiger partial charge in [0.15, 0.2) is 0 Å². The first-order chi connectivity index (χ1) is 16.6. The number of nitriles is 1. The molecule has 0 saturated heterocycles. The van der Waals surface area contributed by atoms with E-state index in [0.29, 0.717) is 5.69 Å². The van der Waals surface area contributed by atoms with Gasteiger partial charge in [-0.15, -0.1) is 0 Å². The zero-order chi connectivity index (χ0) is 23.5. The summed E-state index contributed by atoms with van der Waals surface area (Å²) in [6.07, 6.45) is 6.33. The van der Waals surface area contributed by atoms with Crippen molar-refractivity contribution in [1.29, 1.82) is 5.26 Å². The molecule has 0 bridgehead atoms. The highest BCUT2D eigenvalue weighted by atomic mass is 16.5. The van der Waals surface area contributed by atoms with Gasteiger partial charge < -0.3 is 10.1 Å². The molecule has 0 spiro atoms. The fraction of sp³-hybridized carbons (Fsp3) is 0.269. The van der Waals surface area contributed by atoms with Crippen LogP contribution >= 0.6 is 0 Å². The number of nitrogens with one attached hydrogen (secondary N) is 1. The summed E-state index contributed by atoms with van der Waals surface area (Å²) in [4.78, 5) is 21.0. The maximum atomic E-state index is 12.8. The van der Waals surface area contributed by atoms with Crippen LogP contribution in [0.1, 0.15) is 42.8 Å². The molecular formula is C26H24N6O2. The Bertz CT molecular complexity index is 1400. The Morgan fingerprint density at radius 3 is 2.82 bits per heavy atom. The summed E-state index contributed by atoms with van der Waals surface area (Å²) in [6, 6.07) is 17.9. The zero-order valence-electron chi connectivity index (χ0n) is 18.9. The van der Waals surface area contributed by atoms with Crippen LogP contribution in [0.25, 0.3) is 22.0 Å². The molecule has 0 atom stereocenters. The summed E-state index contributed by atoms with van der Waals surface area (Å²) in [5.74, 6) is 0.0973. The van der Waals surface area contributed by atoms with Crippen molar-refractivity contribution in [3.63, 3.8) is 0 Å². The number of fused-ring (bicyclic) bond motifs is 1. The minimum atomic E-state index is -0.633. The van der Waals surface area contributed by atoms with E-state index in [9.17, 15) is 4.79 Å². The Morgan fingerprint density at radius 1 is 1.18 bits per heavy atom. The van der Waals surface area contributed by atoms with Gasteiger partial charge in [-0.2, -0.15) is 10.4 Å². The molecule has 5 rings (SSSR count). The van der Waals surface area contributed by atoms with Crippen LogP contribution in [0.3, 0.4) is 0 Å². The lowest BCUT2D eigenvalue weighted by Crippen LogP contribution is -2.44. The fourth-order valence-corrected chi connectivity index (χ4v) is 4.65. The molecule has 8 nitrogen and oxygen atoms in total. The molecule has 1 aliphatic rings. The molecule has 1 amide bonds. The molecule has 1 fully saturated rings. The standard InChI is InChI=1S/C26H24N6O2/c1-32-22-14-20(7-8-21(22)16-29-32)19-6-4-5-18(13-19)17-34-25(33)31-26(10-2-3-11-26)23-9-12-28-24(15-27)30-23/h4-9,12-14,16H,2-3,10-11,17H2,1H3,(H,31,33). The van der Waals surface area contributed by atoms with Crippen LogP contribution in [-0.4, -0.2) is 25.8 Å². The molecule has 1 saturated carbocycles. The third-order valence-corrected chi connectivity index (χ3v) is 6.42. The summed E-state index contributed by atoms with van der Waals surface area (Å²) in [5, 5.41) is 17.6. The van der Waals surface area contributed by atoms with Gasteiger partial charge in [-0.1, -0.05) is 43.2 Å². The lowest BCUT2D eigenvalue weighted by atomic mass is 9.93. The SMILES string of the molecule is Cn1ncc2ccc(-c3cccc(COC(=O)NC4(c5ccnc(C#N)n5)CCCC4)c3)cc21. The van der Waals surface area contributed by atoms with E-state index < -0.39 is 11.6 Å². The number of rotatable bonds is 5. The summed E-state index contributed by atoms with van der Waals surface area (Å²) in [6.45, 7) is 0.150. The number of amides is 1. The van der Waals surface area contributed by atoms with Gasteiger partial charge in [0.25, 0.3) is 0 Å². The summed E-state index contributed by atoms with van der Waals surface area (Å²) in [7, 11) is 1.93. The Labute approximate surface area is 197 Å². The molecular weight excluding hydrogens is 428 g/mol. The Hall–Kier alpha value is -4.25. The quantitative estimate of drug-likeness (QED) is 0.474. The predicted octanol–water partition coefficient (Wildman–Crippen LogP) is 4.60. The molecule has 2 aromatic heterocycles. The highest BCUT2D eigenvalue weighted by Crippen LogP contribution is 2.38. The molecule has 8 heteroatoms. The number of nitrogens with zero attached hydrogens (tertiary/aromatic N) is 5. The Morgan fingerprint density at radius 2 is 2.00 bits per heavy atom. The monoisotopic (exact) mass is 452 g/mol. The van der Waals surface area contributed by atoms with Crippen LogP contribution < -0.4 is 5.32 Å². The molecule has 1 N–H and O–H groups in total. The van der Waals surface area contributed by atoms with Gasteiger partial charge in [0, 0.05) is 18.6 Å². The molecule has 2 heterocycles. The molecule has 0 aliphatic heterocycles. The summed E-state index contributed by atoms with van der Waals surface area (Å²) >= 11 is 0. The molecule has 1 aliphatic carbocycles. The minimum Gasteiger partial charge on any atom is -0.445 e. The smallest absolute Gasteiger partial charge is 0.408 e. The Balaban J connectivity index is 1.29. The molecule has 2 aromatic carbocycles. The number of benzene rings is 2. The van der Waals surface area contributed by atoms with Crippen LogP contribution in [0.15, 0.2) is 60.9 Å². The number of ether oxygens (including phenoxy) is 1. The number of carbonyl (C=O) groups is 1. The number of hydrogen-bond donors (Lipinski definition) is 1. The molecule has 0 radical (unpaired) electrons. The minimum absolute atomic E-state index is 0.0973. The lowest BCUT2D eigenvalue weighted by molar-refractivity contribution is 0.125. The second kappa shape index (κ2) is 8.94. The topological polar surface area (TPSA) is 106 Å². The van der Waals surface area contributed by atoms with Crippen LogP contribution in [0.5, 0.6) is 0 Å². The normalized spacial score (nSPS) is 14.6. The lowest BCUT2D eigenvalue weighted by Gasteiger charge is -2.29. The van der Waals surface area contributed by atoms with Crippen LogP contribution in [0.4, 0.5) is 4.79 Å². The number of hydrogen-bond acceptors (Lipinski definition) is 6. The van der Waals surface area contributed by atoms with Crippen molar-refractivity contribution in [3.8, 4) is 17.2 Å². The van der Waals surface area contributed by atoms with Crippen molar-refractivity contribution in [2.75, 3.05) is 0 Å². The van der Waals surface area contributed by atoms with Gasteiger partial charge in [-0.3, -0.25) is 4.68 Å². The predicted molar refractivity (Wildman–Crippen MR) is 126 cm³/mol. The van der Waals surface area contributed by atoms with Gasteiger partial charge in [0.05, 0.1) is 22.9 Å². The van der Waals surface area contributed by atoms with E-state index in [1.165, 1.54) is 0 Å². The van der Waals surface area contributed by atoms with Crippen LogP contribution in [0, 0.1) is 11.3 Å². The second-order valence-corrected chi connectivity index (χ2v) is 8.61. The van der Waals surface area contributed by atoms with Crippen LogP contribution in [0.2, 0.25) is 0 Å². The molecule has 170 valence electrons. The number of alkyl carbamates (subject to hydrolysis) is 1. The second-order valence-electron chi connectivity index (χ2n) is 8.61. The third-order valence-electron chi connectivity index (χ3n) is 6.42. The van der Waals surface area contributed by atoms with E-state index in [0.717, 1.165) is 53.3 Å². The molecule has 34 heavy (non-hydrogen) atoms. The van der Waals surface area contributed by atoms with Gasteiger partial charge in [-0.05, 0) is 47.7 Å². The van der Waals surface area contributed by atoms with Crippen molar-refractivity contribution < 1.29 is 9.53 Å². The van der Waals surface area contributed by atoms with E-state index in [1.54, 1.807) is 12.3 Å². The van der Waals surface area contributed by atoms with Crippen molar-refractivity contribution in [1.82, 2.24) is 25.1 Å². The maximum Gasteiger partial charge on any atom is 0.408 e. The van der Waals surface area contributed by atoms with E-state index in [-0.39, 0.29) is 12.4 Å². The largest absolute Gasteiger partial charge is 0.445 e. The number of aromatic nitrogens is 4. The first kappa shape index (κ1) is 21.6. The average molecular weight is 453 g/mol. The zero-order valence-corrected chi connectivity index (χ0v) is 18.9.